The van der Waals surface area contributed by atoms with Gasteiger partial charge in [-0.3, -0.25) is 4.79 Å². The maximum Gasteiger partial charge on any atom is 0.631 e. The molecule has 76 valence electrons. The molecule has 0 saturated heterocycles. The standard InChI is InChI=1S/C4H6O5.BH3O3/c5-2(4(8)9)1-3(6)7;2-1(3)4/h2,5H,1H2,(H,6,7)(H,8,9);2-4H. The second kappa shape index (κ2) is 7.49. The second-order valence-corrected chi connectivity index (χ2v) is 1.80. The zero-order valence-electron chi connectivity index (χ0n) is 6.36. The number of carboxylic acids is 2. The Morgan fingerprint density at radius 1 is 1.15 bits per heavy atom. The van der Waals surface area contributed by atoms with Crippen molar-refractivity contribution in [1.29, 1.82) is 0 Å². The summed E-state index contributed by atoms with van der Waals surface area (Å²) in [5.41, 5.74) is 0. The molecular weight excluding hydrogens is 187 g/mol. The number of hydrogen-bond donors (Lipinski definition) is 6. The van der Waals surface area contributed by atoms with Crippen LogP contribution in [0.5, 0.6) is 0 Å². The number of aliphatic carboxylic acids is 2. The average Bonchev–Trinajstić information content (AvgIpc) is 1.83. The van der Waals surface area contributed by atoms with Crippen LogP contribution in [0.1, 0.15) is 6.42 Å². The van der Waals surface area contributed by atoms with Crippen LogP contribution in [0.3, 0.4) is 0 Å². The number of aliphatic hydroxyl groups is 1. The zero-order chi connectivity index (χ0) is 11.0. The summed E-state index contributed by atoms with van der Waals surface area (Å²) in [5.74, 6) is -2.85. The number of aliphatic hydroxyl groups excluding tert-OH is 1. The molecule has 0 aliphatic carbocycles. The maximum atomic E-state index is 9.72. The van der Waals surface area contributed by atoms with Crippen molar-refractivity contribution in [3.63, 3.8) is 0 Å². The Bertz CT molecular complexity index is 165. The van der Waals surface area contributed by atoms with Gasteiger partial charge in [0, 0.05) is 0 Å². The molecule has 13 heavy (non-hydrogen) atoms. The van der Waals surface area contributed by atoms with E-state index in [1.807, 2.05) is 0 Å². The van der Waals surface area contributed by atoms with Gasteiger partial charge in [-0.15, -0.1) is 0 Å². The highest BCUT2D eigenvalue weighted by molar-refractivity contribution is 6.30. The summed E-state index contributed by atoms with van der Waals surface area (Å²) in [7, 11) is -2.17. The Balaban J connectivity index is 0. The average molecular weight is 196 g/mol. The van der Waals surface area contributed by atoms with Gasteiger partial charge >= 0.3 is 19.3 Å². The fourth-order valence-electron chi connectivity index (χ4n) is 0.253. The predicted octanol–water partition coefficient (Wildman–Crippen LogP) is -3.15. The molecule has 0 aliphatic rings. The zero-order valence-corrected chi connectivity index (χ0v) is 6.36. The number of carboxylic acid groups (broad SMARTS) is 2. The van der Waals surface area contributed by atoms with Gasteiger partial charge in [-0.05, 0) is 0 Å². The molecule has 0 amide bonds. The Morgan fingerprint density at radius 3 is 1.54 bits per heavy atom. The first-order chi connectivity index (χ1) is 5.77. The molecule has 8 nitrogen and oxygen atoms in total. The third-order valence-corrected chi connectivity index (χ3v) is 0.653. The largest absolute Gasteiger partial charge is 0.631 e. The first-order valence-electron chi connectivity index (χ1n) is 2.94. The highest BCUT2D eigenvalue weighted by Gasteiger charge is 2.16. The molecule has 0 radical (unpaired) electrons. The third-order valence-electron chi connectivity index (χ3n) is 0.653. The lowest BCUT2D eigenvalue weighted by atomic mass is 10.3. The number of hydrogen-bond acceptors (Lipinski definition) is 6. The summed E-state index contributed by atoms with van der Waals surface area (Å²) >= 11 is 0. The number of rotatable bonds is 3. The number of carbonyl (C=O) groups is 2. The molecule has 0 heterocycles. The Labute approximate surface area is 72.9 Å². The van der Waals surface area contributed by atoms with Gasteiger partial charge in [0.1, 0.15) is 0 Å². The van der Waals surface area contributed by atoms with Crippen molar-refractivity contribution in [1.82, 2.24) is 0 Å². The molecule has 0 spiro atoms. The van der Waals surface area contributed by atoms with Gasteiger partial charge in [0.05, 0.1) is 6.42 Å². The molecule has 9 heteroatoms. The summed E-state index contributed by atoms with van der Waals surface area (Å²) < 4.78 is 0. The van der Waals surface area contributed by atoms with Crippen LogP contribution in [0.4, 0.5) is 0 Å². The van der Waals surface area contributed by atoms with E-state index in [9.17, 15) is 9.59 Å². The Hall–Kier alpha value is -1.16. The Kier molecular flexibility index (Phi) is 8.28. The molecule has 0 fully saturated rings. The summed E-state index contributed by atoms with van der Waals surface area (Å²) in [5, 5.41) is 45.6. The lowest BCUT2D eigenvalue weighted by molar-refractivity contribution is -0.152. The van der Waals surface area contributed by atoms with Crippen LogP contribution in [0.15, 0.2) is 0 Å². The van der Waals surface area contributed by atoms with E-state index < -0.39 is 31.8 Å². The van der Waals surface area contributed by atoms with Crippen molar-refractivity contribution in [2.24, 2.45) is 0 Å². The molecule has 6 N–H and O–H groups in total. The minimum absolute atomic E-state index is 0.755. The van der Waals surface area contributed by atoms with E-state index in [1.54, 1.807) is 0 Å². The summed E-state index contributed by atoms with van der Waals surface area (Å²) in [6, 6.07) is 0. The SMILES string of the molecule is O=C(O)CC(O)C(=O)O.OB(O)O. The van der Waals surface area contributed by atoms with Gasteiger partial charge in [0.15, 0.2) is 6.10 Å². The lowest BCUT2D eigenvalue weighted by Gasteiger charge is -1.97. The maximum absolute atomic E-state index is 9.72. The van der Waals surface area contributed by atoms with Gasteiger partial charge in [-0.25, -0.2) is 4.79 Å². The monoisotopic (exact) mass is 196 g/mol. The van der Waals surface area contributed by atoms with Crippen molar-refractivity contribution in [2.45, 2.75) is 12.5 Å². The normalized spacial score (nSPS) is 10.8. The fourth-order valence-corrected chi connectivity index (χ4v) is 0.253. The molecule has 0 rings (SSSR count). The van der Waals surface area contributed by atoms with Crippen molar-refractivity contribution in [3.8, 4) is 0 Å². The van der Waals surface area contributed by atoms with E-state index in [2.05, 4.69) is 0 Å². The molecule has 1 atom stereocenters. The van der Waals surface area contributed by atoms with E-state index in [0.717, 1.165) is 0 Å². The van der Waals surface area contributed by atoms with E-state index in [0.29, 0.717) is 0 Å². The van der Waals surface area contributed by atoms with E-state index in [-0.39, 0.29) is 0 Å². The molecule has 0 aliphatic heterocycles. The molecule has 0 bridgehead atoms. The molecule has 0 aromatic heterocycles. The van der Waals surface area contributed by atoms with Gasteiger partial charge < -0.3 is 30.4 Å². The van der Waals surface area contributed by atoms with Crippen molar-refractivity contribution in [2.75, 3.05) is 0 Å². The highest BCUT2D eigenvalue weighted by atomic mass is 16.5. The van der Waals surface area contributed by atoms with Gasteiger partial charge in [-0.2, -0.15) is 0 Å². The van der Waals surface area contributed by atoms with Crippen molar-refractivity contribution >= 4 is 19.3 Å². The van der Waals surface area contributed by atoms with Crippen LogP contribution >= 0.6 is 0 Å². The lowest BCUT2D eigenvalue weighted by Crippen LogP contribution is -2.22. The van der Waals surface area contributed by atoms with Crippen LogP contribution < -0.4 is 0 Å². The highest BCUT2D eigenvalue weighted by Crippen LogP contribution is 1.89. The van der Waals surface area contributed by atoms with Gasteiger partial charge in [-0.1, -0.05) is 0 Å². The molecule has 0 aromatic rings. The smallest absolute Gasteiger partial charge is 0.481 e. The van der Waals surface area contributed by atoms with E-state index >= 15 is 0 Å². The molecule has 1 unspecified atom stereocenters. The van der Waals surface area contributed by atoms with Gasteiger partial charge in [0.2, 0.25) is 0 Å². The summed E-state index contributed by atoms with van der Waals surface area (Å²) in [6.45, 7) is 0. The summed E-state index contributed by atoms with van der Waals surface area (Å²) in [4.78, 5) is 19.4. The quantitative estimate of drug-likeness (QED) is 0.258. The van der Waals surface area contributed by atoms with Crippen LogP contribution in [0, 0.1) is 0 Å². The molecule has 0 aromatic carbocycles. The minimum atomic E-state index is -2.17. The molecule has 0 saturated carbocycles. The van der Waals surface area contributed by atoms with E-state index in [4.69, 9.17) is 30.4 Å². The van der Waals surface area contributed by atoms with Crippen molar-refractivity contribution in [3.05, 3.63) is 0 Å². The van der Waals surface area contributed by atoms with Gasteiger partial charge in [0.25, 0.3) is 0 Å². The van der Waals surface area contributed by atoms with Crippen LogP contribution in [0.2, 0.25) is 0 Å². The fraction of sp³-hybridized carbons (Fsp3) is 0.500. The van der Waals surface area contributed by atoms with Crippen LogP contribution in [-0.4, -0.2) is 55.8 Å². The first kappa shape index (κ1) is 14.4. The van der Waals surface area contributed by atoms with E-state index in [1.165, 1.54) is 0 Å². The topological polar surface area (TPSA) is 156 Å². The van der Waals surface area contributed by atoms with Crippen LogP contribution in [0.25, 0.3) is 0 Å². The Morgan fingerprint density at radius 2 is 1.46 bits per heavy atom. The second-order valence-electron chi connectivity index (χ2n) is 1.80. The minimum Gasteiger partial charge on any atom is -0.481 e. The summed E-state index contributed by atoms with van der Waals surface area (Å²) in [6.07, 6.45) is -2.54. The first-order valence-corrected chi connectivity index (χ1v) is 2.94. The third kappa shape index (κ3) is 18.1. The van der Waals surface area contributed by atoms with Crippen molar-refractivity contribution < 1.29 is 40.0 Å². The van der Waals surface area contributed by atoms with Crippen LogP contribution in [-0.2, 0) is 9.59 Å². The molecular formula is C4H9BO8. The predicted molar refractivity (Wildman–Crippen MR) is 38.3 cm³/mol.